The zero-order valence-corrected chi connectivity index (χ0v) is 15.8. The lowest BCUT2D eigenvalue weighted by molar-refractivity contribution is 0.0946. The number of benzene rings is 2. The number of thiophene rings is 1. The van der Waals surface area contributed by atoms with Crippen molar-refractivity contribution in [3.8, 4) is 16.5 Å². The number of hydrogen-bond acceptors (Lipinski definition) is 5. The summed E-state index contributed by atoms with van der Waals surface area (Å²) < 4.78 is 11.3. The molecule has 140 valence electrons. The standard InChI is InChI=1S/C22H18N2O3S/c25-21(23-13-16-7-2-1-3-8-16)18-9-4-5-10-19(18)26-14-17-15-27-22(24-17)20-11-6-12-28-20/h1-12,15H,13-14H2,(H,23,25). The molecule has 0 unspecified atom stereocenters. The molecule has 0 atom stereocenters. The molecule has 1 amide bonds. The number of nitrogens with one attached hydrogen (secondary N) is 1. The number of carbonyl (C=O) groups excluding carboxylic acids is 1. The Morgan fingerprint density at radius 3 is 2.68 bits per heavy atom. The van der Waals surface area contributed by atoms with Gasteiger partial charge in [0, 0.05) is 6.54 Å². The van der Waals surface area contributed by atoms with Crippen LogP contribution in [-0.2, 0) is 13.2 Å². The first kappa shape index (κ1) is 18.0. The topological polar surface area (TPSA) is 64.4 Å². The Balaban J connectivity index is 1.41. The molecular formula is C22H18N2O3S. The Morgan fingerprint density at radius 1 is 1.04 bits per heavy atom. The minimum Gasteiger partial charge on any atom is -0.486 e. The molecule has 0 aliphatic heterocycles. The molecule has 0 bridgehead atoms. The van der Waals surface area contributed by atoms with Gasteiger partial charge in [0.15, 0.2) is 0 Å². The second-order valence-electron chi connectivity index (χ2n) is 6.07. The first-order valence-corrected chi connectivity index (χ1v) is 9.70. The molecule has 0 saturated carbocycles. The van der Waals surface area contributed by atoms with Crippen LogP contribution in [0.25, 0.3) is 10.8 Å². The van der Waals surface area contributed by atoms with Gasteiger partial charge in [0.05, 0.1) is 10.4 Å². The molecule has 0 saturated heterocycles. The van der Waals surface area contributed by atoms with Crippen LogP contribution in [0.5, 0.6) is 5.75 Å². The second kappa shape index (κ2) is 8.54. The van der Waals surface area contributed by atoms with Crippen molar-refractivity contribution < 1.29 is 13.9 Å². The number of rotatable bonds is 7. The fourth-order valence-electron chi connectivity index (χ4n) is 2.69. The third kappa shape index (κ3) is 4.29. The van der Waals surface area contributed by atoms with E-state index in [9.17, 15) is 4.79 Å². The molecule has 1 N–H and O–H groups in total. The van der Waals surface area contributed by atoms with E-state index in [1.165, 1.54) is 0 Å². The summed E-state index contributed by atoms with van der Waals surface area (Å²) in [5, 5.41) is 4.90. The summed E-state index contributed by atoms with van der Waals surface area (Å²) >= 11 is 1.56. The number of aromatic nitrogens is 1. The molecule has 0 radical (unpaired) electrons. The summed E-state index contributed by atoms with van der Waals surface area (Å²) in [6.45, 7) is 0.680. The monoisotopic (exact) mass is 390 g/mol. The van der Waals surface area contributed by atoms with Crippen LogP contribution < -0.4 is 10.1 Å². The van der Waals surface area contributed by atoms with Crippen LogP contribution in [0, 0.1) is 0 Å². The van der Waals surface area contributed by atoms with E-state index in [-0.39, 0.29) is 12.5 Å². The van der Waals surface area contributed by atoms with E-state index in [0.29, 0.717) is 29.4 Å². The van der Waals surface area contributed by atoms with Crippen LogP contribution >= 0.6 is 11.3 Å². The lowest BCUT2D eigenvalue weighted by Crippen LogP contribution is -2.23. The molecule has 2 heterocycles. The SMILES string of the molecule is O=C(NCc1ccccc1)c1ccccc1OCc1coc(-c2cccs2)n1. The van der Waals surface area contributed by atoms with Crippen LogP contribution in [0.1, 0.15) is 21.6 Å². The fourth-order valence-corrected chi connectivity index (χ4v) is 3.35. The van der Waals surface area contributed by atoms with Gasteiger partial charge < -0.3 is 14.5 Å². The van der Waals surface area contributed by atoms with Crippen molar-refractivity contribution in [3.63, 3.8) is 0 Å². The maximum Gasteiger partial charge on any atom is 0.255 e. The Kier molecular flexibility index (Phi) is 5.49. The van der Waals surface area contributed by atoms with E-state index in [2.05, 4.69) is 10.3 Å². The molecule has 2 aromatic heterocycles. The lowest BCUT2D eigenvalue weighted by atomic mass is 10.1. The molecule has 2 aromatic carbocycles. The van der Waals surface area contributed by atoms with Crippen molar-refractivity contribution in [2.75, 3.05) is 0 Å². The van der Waals surface area contributed by atoms with Gasteiger partial charge in [0.25, 0.3) is 5.91 Å². The van der Waals surface area contributed by atoms with Gasteiger partial charge in [0.1, 0.15) is 24.3 Å². The molecule has 6 heteroatoms. The number of carbonyl (C=O) groups is 1. The smallest absolute Gasteiger partial charge is 0.255 e. The van der Waals surface area contributed by atoms with Crippen molar-refractivity contribution in [1.82, 2.24) is 10.3 Å². The minimum atomic E-state index is -0.182. The van der Waals surface area contributed by atoms with Crippen LogP contribution in [-0.4, -0.2) is 10.9 Å². The third-order valence-corrected chi connectivity index (χ3v) is 4.94. The predicted octanol–water partition coefficient (Wildman–Crippen LogP) is 4.91. The van der Waals surface area contributed by atoms with Crippen LogP contribution in [0.4, 0.5) is 0 Å². The molecule has 4 aromatic rings. The van der Waals surface area contributed by atoms with E-state index < -0.39 is 0 Å². The maximum atomic E-state index is 12.6. The van der Waals surface area contributed by atoms with E-state index in [1.807, 2.05) is 60.0 Å². The zero-order valence-electron chi connectivity index (χ0n) is 15.0. The van der Waals surface area contributed by atoms with E-state index in [0.717, 1.165) is 10.4 Å². The average molecular weight is 390 g/mol. The predicted molar refractivity (Wildman–Crippen MR) is 108 cm³/mol. The molecule has 0 spiro atoms. The third-order valence-electron chi connectivity index (χ3n) is 4.09. The normalized spacial score (nSPS) is 10.6. The number of hydrogen-bond donors (Lipinski definition) is 1. The van der Waals surface area contributed by atoms with Gasteiger partial charge in [-0.2, -0.15) is 0 Å². The molecule has 4 rings (SSSR count). The highest BCUT2D eigenvalue weighted by atomic mass is 32.1. The summed E-state index contributed by atoms with van der Waals surface area (Å²) in [6, 6.07) is 20.9. The Bertz CT molecular complexity index is 1040. The number of para-hydroxylation sites is 1. The van der Waals surface area contributed by atoms with Crippen LogP contribution in [0.3, 0.4) is 0 Å². The Hall–Kier alpha value is -3.38. The molecule has 5 nitrogen and oxygen atoms in total. The first-order valence-electron chi connectivity index (χ1n) is 8.82. The van der Waals surface area contributed by atoms with Crippen molar-refractivity contribution in [2.24, 2.45) is 0 Å². The van der Waals surface area contributed by atoms with Crippen molar-refractivity contribution >= 4 is 17.2 Å². The Morgan fingerprint density at radius 2 is 1.86 bits per heavy atom. The minimum absolute atomic E-state index is 0.182. The van der Waals surface area contributed by atoms with Gasteiger partial charge in [-0.05, 0) is 29.1 Å². The summed E-state index contributed by atoms with van der Waals surface area (Å²) in [7, 11) is 0. The number of ether oxygens (including phenoxy) is 1. The Labute approximate surface area is 166 Å². The lowest BCUT2D eigenvalue weighted by Gasteiger charge is -2.11. The van der Waals surface area contributed by atoms with Gasteiger partial charge in [-0.3, -0.25) is 4.79 Å². The van der Waals surface area contributed by atoms with Gasteiger partial charge in [-0.15, -0.1) is 11.3 Å². The zero-order chi connectivity index (χ0) is 19.2. The molecule has 0 fully saturated rings. The fraction of sp³-hybridized carbons (Fsp3) is 0.0909. The van der Waals surface area contributed by atoms with Gasteiger partial charge in [-0.25, -0.2) is 4.98 Å². The maximum absolute atomic E-state index is 12.6. The van der Waals surface area contributed by atoms with Crippen molar-refractivity contribution in [3.05, 3.63) is 95.2 Å². The number of amides is 1. The van der Waals surface area contributed by atoms with E-state index in [4.69, 9.17) is 9.15 Å². The molecule has 28 heavy (non-hydrogen) atoms. The largest absolute Gasteiger partial charge is 0.486 e. The average Bonchev–Trinajstić information content (AvgIpc) is 3.43. The highest BCUT2D eigenvalue weighted by molar-refractivity contribution is 7.13. The van der Waals surface area contributed by atoms with Crippen molar-refractivity contribution in [1.29, 1.82) is 0 Å². The quantitative estimate of drug-likeness (QED) is 0.487. The van der Waals surface area contributed by atoms with Crippen molar-refractivity contribution in [2.45, 2.75) is 13.2 Å². The second-order valence-corrected chi connectivity index (χ2v) is 7.02. The number of nitrogens with zero attached hydrogens (tertiary/aromatic N) is 1. The first-order chi connectivity index (χ1) is 13.8. The van der Waals surface area contributed by atoms with Crippen LogP contribution in [0.2, 0.25) is 0 Å². The highest BCUT2D eigenvalue weighted by Gasteiger charge is 2.13. The summed E-state index contributed by atoms with van der Waals surface area (Å²) in [5.74, 6) is 0.898. The highest BCUT2D eigenvalue weighted by Crippen LogP contribution is 2.25. The van der Waals surface area contributed by atoms with Gasteiger partial charge in [-0.1, -0.05) is 48.5 Å². The summed E-state index contributed by atoms with van der Waals surface area (Å²) in [4.78, 5) is 18.0. The van der Waals surface area contributed by atoms with E-state index >= 15 is 0 Å². The number of oxazole rings is 1. The van der Waals surface area contributed by atoms with Gasteiger partial charge in [0.2, 0.25) is 5.89 Å². The van der Waals surface area contributed by atoms with Crippen LogP contribution in [0.15, 0.2) is 82.8 Å². The van der Waals surface area contributed by atoms with Gasteiger partial charge >= 0.3 is 0 Å². The summed E-state index contributed by atoms with van der Waals surface area (Å²) in [5.41, 5.74) is 2.20. The van der Waals surface area contributed by atoms with E-state index in [1.54, 1.807) is 29.7 Å². The molecule has 0 aliphatic carbocycles. The molecular weight excluding hydrogens is 372 g/mol. The summed E-state index contributed by atoms with van der Waals surface area (Å²) in [6.07, 6.45) is 1.58. The molecule has 0 aliphatic rings.